The topological polar surface area (TPSA) is 65.0 Å². The van der Waals surface area contributed by atoms with Gasteiger partial charge in [0.2, 0.25) is 0 Å². The number of allylic oxidation sites excluding steroid dienone is 1. The first kappa shape index (κ1) is 32.6. The molecule has 0 fully saturated rings. The third-order valence-corrected chi connectivity index (χ3v) is 12.3. The maximum atomic E-state index is 12.3. The average Bonchev–Trinajstić information content (AvgIpc) is 2.77. The highest BCUT2D eigenvalue weighted by atomic mass is 28.4. The van der Waals surface area contributed by atoms with E-state index in [-0.39, 0.29) is 35.5 Å². The molecule has 0 bridgehead atoms. The summed E-state index contributed by atoms with van der Waals surface area (Å²) < 4.78 is 18.8. The molecule has 0 amide bonds. The lowest BCUT2D eigenvalue weighted by molar-refractivity contribution is -0.152. The van der Waals surface area contributed by atoms with Crippen molar-refractivity contribution in [3.05, 3.63) is 48.6 Å². The number of aliphatic hydroxyl groups is 1. The van der Waals surface area contributed by atoms with Gasteiger partial charge in [0.15, 0.2) is 8.32 Å². The Balaban J connectivity index is 3.41. The second-order valence-electron chi connectivity index (χ2n) is 12.3. The van der Waals surface area contributed by atoms with Gasteiger partial charge >= 0.3 is 5.97 Å². The number of hydrogen-bond donors (Lipinski definition) is 1. The third-order valence-electron chi connectivity index (χ3n) is 7.87. The molecule has 0 saturated heterocycles. The normalized spacial score (nSPS) is 17.1. The van der Waals surface area contributed by atoms with Gasteiger partial charge < -0.3 is 19.0 Å². The SMILES string of the molecule is C=CC[C@H](C)[C@H](OCc1ccccc1)[C@@H](C)[C@@H](O[Si](C)(C)C(C)(C)C)C(C)(C)[C@@H](O)CC(=O)OCC. The molecule has 36 heavy (non-hydrogen) atoms. The largest absolute Gasteiger partial charge is 0.466 e. The molecule has 0 aliphatic carbocycles. The van der Waals surface area contributed by atoms with Crippen LogP contribution in [0.3, 0.4) is 0 Å². The van der Waals surface area contributed by atoms with Gasteiger partial charge in [-0.3, -0.25) is 4.79 Å². The van der Waals surface area contributed by atoms with Crippen LogP contribution in [0.2, 0.25) is 18.1 Å². The van der Waals surface area contributed by atoms with Gasteiger partial charge in [-0.15, -0.1) is 6.58 Å². The highest BCUT2D eigenvalue weighted by Crippen LogP contribution is 2.44. The Morgan fingerprint density at radius 3 is 2.19 bits per heavy atom. The molecular weight excluding hydrogens is 468 g/mol. The highest BCUT2D eigenvalue weighted by molar-refractivity contribution is 6.74. The molecule has 0 spiro atoms. The molecular formula is C30H52O5Si. The molecule has 6 heteroatoms. The van der Waals surface area contributed by atoms with E-state index in [1.54, 1.807) is 6.92 Å². The number of aliphatic hydroxyl groups excluding tert-OH is 1. The summed E-state index contributed by atoms with van der Waals surface area (Å²) >= 11 is 0. The molecule has 0 aromatic heterocycles. The summed E-state index contributed by atoms with van der Waals surface area (Å²) in [6.07, 6.45) is 1.28. The zero-order valence-electron chi connectivity index (χ0n) is 24.5. The van der Waals surface area contributed by atoms with Crippen LogP contribution in [0.4, 0.5) is 0 Å². The van der Waals surface area contributed by atoms with E-state index in [4.69, 9.17) is 13.9 Å². The van der Waals surface area contributed by atoms with Crippen molar-refractivity contribution in [2.75, 3.05) is 6.61 Å². The van der Waals surface area contributed by atoms with Crippen molar-refractivity contribution in [2.45, 2.75) is 111 Å². The smallest absolute Gasteiger partial charge is 0.308 e. The third kappa shape index (κ3) is 9.12. The predicted molar refractivity (Wildman–Crippen MR) is 151 cm³/mol. The molecule has 0 aliphatic rings. The maximum absolute atomic E-state index is 12.3. The van der Waals surface area contributed by atoms with Crippen LogP contribution in [-0.4, -0.2) is 44.3 Å². The molecule has 0 saturated carbocycles. The van der Waals surface area contributed by atoms with Crippen LogP contribution in [0.5, 0.6) is 0 Å². The fraction of sp³-hybridized carbons (Fsp3) is 0.700. The lowest BCUT2D eigenvalue weighted by Crippen LogP contribution is -2.56. The number of benzene rings is 1. The molecule has 1 rings (SSSR count). The second kappa shape index (κ2) is 13.9. The summed E-state index contributed by atoms with van der Waals surface area (Å²) in [5, 5.41) is 11.3. The molecule has 1 aromatic rings. The number of esters is 1. The minimum Gasteiger partial charge on any atom is -0.466 e. The van der Waals surface area contributed by atoms with Crippen LogP contribution in [0.15, 0.2) is 43.0 Å². The van der Waals surface area contributed by atoms with E-state index >= 15 is 0 Å². The highest BCUT2D eigenvalue weighted by Gasteiger charge is 2.49. The molecule has 0 unspecified atom stereocenters. The molecule has 206 valence electrons. The number of rotatable bonds is 15. The zero-order valence-corrected chi connectivity index (χ0v) is 25.5. The van der Waals surface area contributed by atoms with Crippen molar-refractivity contribution >= 4 is 14.3 Å². The Hall–Kier alpha value is -1.47. The lowest BCUT2D eigenvalue weighted by Gasteiger charge is -2.49. The minimum atomic E-state index is -2.23. The predicted octanol–water partition coefficient (Wildman–Crippen LogP) is 7.15. The first-order valence-electron chi connectivity index (χ1n) is 13.4. The van der Waals surface area contributed by atoms with Gasteiger partial charge in [0.05, 0.1) is 37.9 Å². The second-order valence-corrected chi connectivity index (χ2v) is 17.0. The van der Waals surface area contributed by atoms with E-state index in [9.17, 15) is 9.90 Å². The van der Waals surface area contributed by atoms with Crippen molar-refractivity contribution in [3.63, 3.8) is 0 Å². The molecule has 0 radical (unpaired) electrons. The minimum absolute atomic E-state index is 0.0136. The van der Waals surface area contributed by atoms with E-state index in [1.807, 2.05) is 38.1 Å². The quantitative estimate of drug-likeness (QED) is 0.151. The summed E-state index contributed by atoms with van der Waals surface area (Å²) in [4.78, 5) is 12.3. The van der Waals surface area contributed by atoms with Crippen molar-refractivity contribution in [3.8, 4) is 0 Å². The van der Waals surface area contributed by atoms with Crippen molar-refractivity contribution in [1.82, 2.24) is 0 Å². The number of hydrogen-bond acceptors (Lipinski definition) is 5. The van der Waals surface area contributed by atoms with Crippen LogP contribution in [0.1, 0.15) is 73.8 Å². The fourth-order valence-electron chi connectivity index (χ4n) is 4.43. The summed E-state index contributed by atoms with van der Waals surface area (Å²) in [5.41, 5.74) is 0.396. The summed E-state index contributed by atoms with van der Waals surface area (Å²) in [5.74, 6) is -0.247. The molecule has 5 atom stereocenters. The summed E-state index contributed by atoms with van der Waals surface area (Å²) in [6, 6.07) is 10.2. The monoisotopic (exact) mass is 520 g/mol. The zero-order chi connectivity index (χ0) is 27.7. The standard InChI is InChI=1S/C30H52O5Si/c1-12-17-22(3)27(34-21-24-18-15-14-16-19-24)23(4)28(35-36(10,11)29(5,6)7)30(8,9)25(31)20-26(32)33-13-2/h12,14-16,18-19,22-23,25,27-28,31H,1,13,17,20-21H2,2-11H3/t22-,23+,25-,27-,28+/m0/s1. The van der Waals surface area contributed by atoms with Gasteiger partial charge in [0.1, 0.15) is 0 Å². The Labute approximate surface area is 221 Å². The maximum Gasteiger partial charge on any atom is 0.308 e. The van der Waals surface area contributed by atoms with Gasteiger partial charge in [-0.05, 0) is 43.0 Å². The number of carbonyl (C=O) groups excluding carboxylic acids is 1. The molecule has 0 aliphatic heterocycles. The van der Waals surface area contributed by atoms with Crippen molar-refractivity contribution < 1.29 is 23.8 Å². The summed E-state index contributed by atoms with van der Waals surface area (Å²) in [7, 11) is -2.23. The lowest BCUT2D eigenvalue weighted by atomic mass is 9.71. The van der Waals surface area contributed by atoms with E-state index in [0.717, 1.165) is 12.0 Å². The summed E-state index contributed by atoms with van der Waals surface area (Å²) in [6.45, 7) is 26.0. The van der Waals surface area contributed by atoms with Crippen LogP contribution in [0.25, 0.3) is 0 Å². The number of ether oxygens (including phenoxy) is 2. The Morgan fingerprint density at radius 2 is 1.69 bits per heavy atom. The van der Waals surface area contributed by atoms with Gasteiger partial charge in [-0.1, -0.05) is 84.9 Å². The number of carbonyl (C=O) groups is 1. The van der Waals surface area contributed by atoms with E-state index < -0.39 is 25.8 Å². The van der Waals surface area contributed by atoms with Crippen LogP contribution >= 0.6 is 0 Å². The van der Waals surface area contributed by atoms with Gasteiger partial charge in [0.25, 0.3) is 0 Å². The molecule has 5 nitrogen and oxygen atoms in total. The fourth-order valence-corrected chi connectivity index (χ4v) is 5.94. The Bertz CT molecular complexity index is 799. The van der Waals surface area contributed by atoms with Crippen LogP contribution < -0.4 is 0 Å². The Morgan fingerprint density at radius 1 is 1.11 bits per heavy atom. The molecule has 0 heterocycles. The van der Waals surface area contributed by atoms with Crippen molar-refractivity contribution in [1.29, 1.82) is 0 Å². The van der Waals surface area contributed by atoms with Crippen molar-refractivity contribution in [2.24, 2.45) is 17.3 Å². The van der Waals surface area contributed by atoms with Gasteiger partial charge in [0, 0.05) is 11.3 Å². The van der Waals surface area contributed by atoms with Crippen LogP contribution in [-0.2, 0) is 25.3 Å². The molecule has 1 aromatic carbocycles. The molecule has 1 N–H and O–H groups in total. The van der Waals surface area contributed by atoms with E-state index in [2.05, 4.69) is 66.4 Å². The first-order chi connectivity index (χ1) is 16.6. The first-order valence-corrected chi connectivity index (χ1v) is 16.3. The van der Waals surface area contributed by atoms with E-state index in [1.165, 1.54) is 0 Å². The average molecular weight is 521 g/mol. The van der Waals surface area contributed by atoms with Gasteiger partial charge in [-0.2, -0.15) is 0 Å². The van der Waals surface area contributed by atoms with Crippen LogP contribution in [0, 0.1) is 17.3 Å². The van der Waals surface area contributed by atoms with E-state index in [0.29, 0.717) is 13.2 Å². The van der Waals surface area contributed by atoms with Gasteiger partial charge in [-0.25, -0.2) is 0 Å². The Kier molecular flexibility index (Phi) is 12.6.